The van der Waals surface area contributed by atoms with E-state index in [1.165, 1.54) is 0 Å². The number of aliphatic hydroxyl groups excluding tert-OH is 2. The SMILES string of the molecule is C#CC#CC#CC#CCO.COP(=O)([O-])OCCCCCCCCCO. The molecule has 0 bridgehead atoms. The van der Waals surface area contributed by atoms with Crippen LogP contribution in [0.4, 0.5) is 0 Å². The Bertz CT molecular complexity index is 604. The van der Waals surface area contributed by atoms with Crippen molar-refractivity contribution in [3.63, 3.8) is 0 Å². The van der Waals surface area contributed by atoms with Crippen LogP contribution in [0.1, 0.15) is 44.9 Å². The van der Waals surface area contributed by atoms with Crippen LogP contribution in [0.25, 0.3) is 0 Å². The van der Waals surface area contributed by atoms with Gasteiger partial charge in [-0.25, -0.2) is 0 Å². The summed E-state index contributed by atoms with van der Waals surface area (Å²) in [7, 11) is -2.93. The fourth-order valence-corrected chi connectivity index (χ4v) is 2.00. The van der Waals surface area contributed by atoms with Gasteiger partial charge < -0.3 is 24.2 Å². The molecule has 0 saturated heterocycles. The Morgan fingerprint density at radius 2 is 1.46 bits per heavy atom. The maximum atomic E-state index is 10.8. The van der Waals surface area contributed by atoms with E-state index in [0.29, 0.717) is 0 Å². The van der Waals surface area contributed by atoms with E-state index in [2.05, 4.69) is 50.5 Å². The maximum Gasteiger partial charge on any atom is 0.267 e. The van der Waals surface area contributed by atoms with Gasteiger partial charge in [0.2, 0.25) is 0 Å². The fourth-order valence-electron chi connectivity index (χ4n) is 1.54. The van der Waals surface area contributed by atoms with Gasteiger partial charge in [0.15, 0.2) is 0 Å². The Morgan fingerprint density at radius 1 is 0.923 bits per heavy atom. The normalized spacial score (nSPS) is 10.9. The van der Waals surface area contributed by atoms with Crippen molar-refractivity contribution < 1.29 is 28.7 Å². The van der Waals surface area contributed by atoms with E-state index in [1.54, 1.807) is 0 Å². The summed E-state index contributed by atoms with van der Waals surface area (Å²) in [5.41, 5.74) is 0. The Hall–Kier alpha value is -1.73. The lowest BCUT2D eigenvalue weighted by Crippen LogP contribution is -2.06. The second kappa shape index (κ2) is 21.3. The van der Waals surface area contributed by atoms with E-state index in [-0.39, 0.29) is 19.8 Å². The molecule has 0 heterocycles. The summed E-state index contributed by atoms with van der Waals surface area (Å²) < 4.78 is 19.5. The van der Waals surface area contributed by atoms with Gasteiger partial charge in [-0.15, -0.1) is 6.42 Å². The van der Waals surface area contributed by atoms with Crippen LogP contribution in [0, 0.1) is 47.9 Å². The monoisotopic (exact) mass is 381 g/mol. The quantitative estimate of drug-likeness (QED) is 0.319. The van der Waals surface area contributed by atoms with Crippen LogP contribution < -0.4 is 4.89 Å². The molecule has 0 rings (SSSR count). The third kappa shape index (κ3) is 24.5. The number of terminal acetylenes is 1. The van der Waals surface area contributed by atoms with Gasteiger partial charge in [-0.3, -0.25) is 4.57 Å². The average molecular weight is 381 g/mol. The highest BCUT2D eigenvalue weighted by Gasteiger charge is 2.04. The molecule has 26 heavy (non-hydrogen) atoms. The lowest BCUT2D eigenvalue weighted by atomic mass is 10.1. The van der Waals surface area contributed by atoms with Gasteiger partial charge in [0.1, 0.15) is 6.61 Å². The molecule has 0 aromatic rings. The van der Waals surface area contributed by atoms with Gasteiger partial charge >= 0.3 is 0 Å². The van der Waals surface area contributed by atoms with Gasteiger partial charge in [-0.05, 0) is 48.4 Å². The van der Waals surface area contributed by atoms with Crippen molar-refractivity contribution in [1.29, 1.82) is 0 Å². The molecule has 2 N–H and O–H groups in total. The first-order chi connectivity index (χ1) is 12.5. The number of rotatable bonds is 11. The summed E-state index contributed by atoms with van der Waals surface area (Å²) in [6, 6.07) is 0. The van der Waals surface area contributed by atoms with Crippen molar-refractivity contribution in [3.05, 3.63) is 0 Å². The molecule has 0 aromatic heterocycles. The molecule has 144 valence electrons. The molecule has 1 atom stereocenters. The molecule has 0 aliphatic heterocycles. The van der Waals surface area contributed by atoms with E-state index in [0.717, 1.165) is 52.1 Å². The van der Waals surface area contributed by atoms with Gasteiger partial charge in [-0.1, -0.05) is 38.0 Å². The molecule has 1 unspecified atom stereocenters. The summed E-state index contributed by atoms with van der Waals surface area (Å²) in [4.78, 5) is 10.8. The minimum Gasteiger partial charge on any atom is -0.756 e. The number of phosphoric acid groups is 1. The second-order valence-corrected chi connectivity index (χ2v) is 6.28. The topological polar surface area (TPSA) is 99.1 Å². The summed E-state index contributed by atoms with van der Waals surface area (Å²) in [6.45, 7) is 0.284. The van der Waals surface area contributed by atoms with Crippen molar-refractivity contribution in [2.24, 2.45) is 0 Å². The highest BCUT2D eigenvalue weighted by molar-refractivity contribution is 7.45. The summed E-state index contributed by atoms with van der Waals surface area (Å²) in [5.74, 6) is 16.2. The Labute approximate surface area is 156 Å². The standard InChI is InChI=1S/C10H23O5P.C9H4O/c1-14-16(12,13)15-10-8-6-4-2-3-5-7-9-11;1-2-3-4-5-6-7-8-9-10/h11H,2-10H2,1H3,(H,12,13);1,10H,9H2/p-1. The van der Waals surface area contributed by atoms with Gasteiger partial charge in [0.05, 0.1) is 6.61 Å². The molecule has 0 saturated carbocycles. The predicted octanol–water partition coefficient (Wildman–Crippen LogP) is 1.46. The molecule has 0 spiro atoms. The third-order valence-corrected chi connectivity index (χ3v) is 3.71. The number of aliphatic hydroxyl groups is 2. The molecular weight excluding hydrogens is 355 g/mol. The predicted molar refractivity (Wildman–Crippen MR) is 99.2 cm³/mol. The minimum absolute atomic E-state index is 0.183. The van der Waals surface area contributed by atoms with E-state index in [1.807, 2.05) is 0 Å². The summed E-state index contributed by atoms with van der Waals surface area (Å²) in [5, 5.41) is 16.7. The zero-order valence-electron chi connectivity index (χ0n) is 15.1. The molecule has 0 amide bonds. The molecule has 7 heteroatoms. The van der Waals surface area contributed by atoms with E-state index >= 15 is 0 Å². The van der Waals surface area contributed by atoms with Crippen LogP contribution in [-0.2, 0) is 13.6 Å². The van der Waals surface area contributed by atoms with E-state index < -0.39 is 7.82 Å². The Morgan fingerprint density at radius 3 is 2.00 bits per heavy atom. The first-order valence-electron chi connectivity index (χ1n) is 8.20. The van der Waals surface area contributed by atoms with Crippen LogP contribution >= 0.6 is 7.82 Å². The first-order valence-corrected chi connectivity index (χ1v) is 9.66. The highest BCUT2D eigenvalue weighted by Crippen LogP contribution is 2.36. The highest BCUT2D eigenvalue weighted by atomic mass is 31.2. The fraction of sp³-hybridized carbons (Fsp3) is 0.579. The van der Waals surface area contributed by atoms with E-state index in [9.17, 15) is 9.46 Å². The van der Waals surface area contributed by atoms with Crippen LogP contribution in [-0.4, -0.2) is 37.1 Å². The minimum atomic E-state index is -4.02. The van der Waals surface area contributed by atoms with Crippen LogP contribution in [0.15, 0.2) is 0 Å². The van der Waals surface area contributed by atoms with Crippen LogP contribution in [0.3, 0.4) is 0 Å². The molecule has 0 aromatic carbocycles. The second-order valence-electron chi connectivity index (χ2n) is 4.77. The van der Waals surface area contributed by atoms with Crippen molar-refractivity contribution in [3.8, 4) is 47.9 Å². The lowest BCUT2D eigenvalue weighted by Gasteiger charge is -2.19. The van der Waals surface area contributed by atoms with Gasteiger partial charge in [-0.2, -0.15) is 0 Å². The number of hydrogen-bond donors (Lipinski definition) is 2. The third-order valence-electron chi connectivity index (χ3n) is 2.77. The number of phosphoric ester groups is 1. The molecule has 0 aliphatic carbocycles. The van der Waals surface area contributed by atoms with Gasteiger partial charge in [0.25, 0.3) is 7.82 Å². The van der Waals surface area contributed by atoms with Crippen molar-refractivity contribution in [2.75, 3.05) is 26.9 Å². The average Bonchev–Trinajstić information content (AvgIpc) is 2.64. The zero-order chi connectivity index (χ0) is 19.9. The molecular formula is C19H26O6P-. The summed E-state index contributed by atoms with van der Waals surface area (Å²) in [6.07, 6.45) is 11.8. The van der Waals surface area contributed by atoms with Crippen molar-refractivity contribution in [2.45, 2.75) is 44.9 Å². The van der Waals surface area contributed by atoms with Crippen molar-refractivity contribution in [1.82, 2.24) is 0 Å². The summed E-state index contributed by atoms with van der Waals surface area (Å²) >= 11 is 0. The molecule has 0 aliphatic rings. The zero-order valence-corrected chi connectivity index (χ0v) is 16.0. The number of hydrogen-bond acceptors (Lipinski definition) is 6. The largest absolute Gasteiger partial charge is 0.756 e. The number of unbranched alkanes of at least 4 members (excludes halogenated alkanes) is 6. The first kappa shape index (κ1) is 26.5. The Kier molecular flexibility index (Phi) is 21.7. The van der Waals surface area contributed by atoms with Gasteiger partial charge in [0, 0.05) is 13.7 Å². The lowest BCUT2D eigenvalue weighted by molar-refractivity contribution is -0.223. The Balaban J connectivity index is 0. The smallest absolute Gasteiger partial charge is 0.267 e. The van der Waals surface area contributed by atoms with Crippen molar-refractivity contribution >= 4 is 7.82 Å². The molecule has 0 radical (unpaired) electrons. The van der Waals surface area contributed by atoms with E-state index in [4.69, 9.17) is 16.6 Å². The van der Waals surface area contributed by atoms with Crippen LogP contribution in [0.5, 0.6) is 0 Å². The molecule has 0 fully saturated rings. The van der Waals surface area contributed by atoms with Crippen LogP contribution in [0.2, 0.25) is 0 Å². The molecule has 6 nitrogen and oxygen atoms in total. The maximum absolute atomic E-state index is 10.8.